The Morgan fingerprint density at radius 1 is 1.04 bits per heavy atom. The monoisotopic (exact) mass is 374 g/mol. The second-order valence-electron chi connectivity index (χ2n) is 8.47. The van der Waals surface area contributed by atoms with Crippen LogP contribution in [0.25, 0.3) is 0 Å². The van der Waals surface area contributed by atoms with Gasteiger partial charge < -0.3 is 4.90 Å². The first kappa shape index (κ1) is 18.4. The van der Waals surface area contributed by atoms with Crippen LogP contribution >= 0.6 is 0 Å². The molecule has 2 nitrogen and oxygen atoms in total. The van der Waals surface area contributed by atoms with Crippen molar-refractivity contribution in [2.45, 2.75) is 44.8 Å². The van der Waals surface area contributed by atoms with Gasteiger partial charge in [0.1, 0.15) is 5.82 Å². The van der Waals surface area contributed by atoms with Gasteiger partial charge in [-0.1, -0.05) is 12.1 Å². The van der Waals surface area contributed by atoms with Crippen molar-refractivity contribution in [1.82, 2.24) is 4.90 Å². The van der Waals surface area contributed by atoms with Crippen LogP contribution in [0.4, 0.5) is 18.9 Å². The minimum atomic E-state index is -0.805. The van der Waals surface area contributed by atoms with Gasteiger partial charge in [0, 0.05) is 36.9 Å². The molecule has 2 atom stereocenters. The highest BCUT2D eigenvalue weighted by Gasteiger charge is 2.48. The second-order valence-corrected chi connectivity index (χ2v) is 8.47. The van der Waals surface area contributed by atoms with Crippen molar-refractivity contribution < 1.29 is 13.2 Å². The molecule has 144 valence electrons. The summed E-state index contributed by atoms with van der Waals surface area (Å²) in [6.45, 7) is 6.87. The van der Waals surface area contributed by atoms with Gasteiger partial charge in [-0.3, -0.25) is 4.90 Å². The lowest BCUT2D eigenvalue weighted by molar-refractivity contribution is 0.161. The number of halogens is 3. The van der Waals surface area contributed by atoms with Crippen LogP contribution in [0, 0.1) is 23.4 Å². The summed E-state index contributed by atoms with van der Waals surface area (Å²) in [7, 11) is 0. The lowest BCUT2D eigenvalue weighted by Gasteiger charge is -2.42. The molecule has 2 heterocycles. The van der Waals surface area contributed by atoms with Gasteiger partial charge in [-0.15, -0.1) is 0 Å². The van der Waals surface area contributed by atoms with Gasteiger partial charge >= 0.3 is 0 Å². The number of fused-ring (bicyclic) bond motifs is 1. The van der Waals surface area contributed by atoms with Crippen LogP contribution in [0.1, 0.15) is 32.3 Å². The Labute approximate surface area is 158 Å². The molecule has 2 aromatic rings. The van der Waals surface area contributed by atoms with Crippen molar-refractivity contribution in [3.05, 3.63) is 65.5 Å². The maximum Gasteiger partial charge on any atom is 0.159 e. The number of likely N-dealkylation sites (tertiary alicyclic amines) is 1. The summed E-state index contributed by atoms with van der Waals surface area (Å²) < 4.78 is 40.4. The fraction of sp³-hybridized carbons (Fsp3) is 0.455. The predicted octanol–water partition coefficient (Wildman–Crippen LogP) is 4.98. The molecular formula is C22H25F3N2. The Hall–Kier alpha value is -2.01. The van der Waals surface area contributed by atoms with Crippen molar-refractivity contribution >= 4 is 5.69 Å². The van der Waals surface area contributed by atoms with Crippen LogP contribution in [-0.2, 0) is 6.54 Å². The third kappa shape index (κ3) is 3.57. The third-order valence-corrected chi connectivity index (χ3v) is 6.00. The number of benzene rings is 2. The maximum atomic E-state index is 13.8. The van der Waals surface area contributed by atoms with Crippen LogP contribution < -0.4 is 4.90 Å². The highest BCUT2D eigenvalue weighted by molar-refractivity contribution is 5.52. The smallest absolute Gasteiger partial charge is 0.159 e. The molecule has 2 aliphatic heterocycles. The summed E-state index contributed by atoms with van der Waals surface area (Å²) in [4.78, 5) is 4.70. The van der Waals surface area contributed by atoms with E-state index in [1.807, 2.05) is 6.07 Å². The first-order valence-corrected chi connectivity index (χ1v) is 9.55. The van der Waals surface area contributed by atoms with E-state index in [1.165, 1.54) is 18.2 Å². The summed E-state index contributed by atoms with van der Waals surface area (Å²) in [5.41, 5.74) is 1.70. The average molecular weight is 374 g/mol. The van der Waals surface area contributed by atoms with Crippen LogP contribution in [0.15, 0.2) is 42.5 Å². The minimum Gasteiger partial charge on any atom is -0.363 e. The standard InChI is InChI=1S/C22H25F3N2/c1-22(2)12-16-14-26(13-15-6-7-19(24)20(25)10-15)9-8-21(16)27(22)18-5-3-4-17(23)11-18/h3-7,10-11,16,21H,8-9,12-14H2,1-2H3/t16-,21+/m1/s1. The molecule has 4 rings (SSSR count). The highest BCUT2D eigenvalue weighted by Crippen LogP contribution is 2.44. The van der Waals surface area contributed by atoms with Crippen LogP contribution in [0.2, 0.25) is 0 Å². The van der Waals surface area contributed by atoms with Gasteiger partial charge in [-0.25, -0.2) is 13.2 Å². The quantitative estimate of drug-likeness (QED) is 0.747. The molecule has 0 aromatic heterocycles. The zero-order valence-electron chi connectivity index (χ0n) is 15.8. The third-order valence-electron chi connectivity index (χ3n) is 6.00. The second kappa shape index (κ2) is 6.86. The van der Waals surface area contributed by atoms with Gasteiger partial charge in [-0.2, -0.15) is 0 Å². The first-order valence-electron chi connectivity index (χ1n) is 9.55. The number of piperidine rings is 1. The zero-order chi connectivity index (χ0) is 19.2. The minimum absolute atomic E-state index is 0.0406. The largest absolute Gasteiger partial charge is 0.363 e. The van der Waals surface area contributed by atoms with Gasteiger partial charge in [0.25, 0.3) is 0 Å². The van der Waals surface area contributed by atoms with E-state index in [2.05, 4.69) is 23.6 Å². The fourth-order valence-corrected chi connectivity index (χ4v) is 5.03. The Kier molecular flexibility index (Phi) is 4.66. The summed E-state index contributed by atoms with van der Waals surface area (Å²) in [6.07, 6.45) is 2.01. The first-order chi connectivity index (χ1) is 12.8. The van der Waals surface area contributed by atoms with Crippen LogP contribution in [0.3, 0.4) is 0 Å². The molecule has 0 bridgehead atoms. The summed E-state index contributed by atoms with van der Waals surface area (Å²) >= 11 is 0. The lowest BCUT2D eigenvalue weighted by Crippen LogP contribution is -2.48. The van der Waals surface area contributed by atoms with Crippen molar-refractivity contribution in [2.24, 2.45) is 5.92 Å². The lowest BCUT2D eigenvalue weighted by atomic mass is 9.89. The molecule has 0 unspecified atom stereocenters. The van der Waals surface area contributed by atoms with Crippen molar-refractivity contribution in [1.29, 1.82) is 0 Å². The van der Waals surface area contributed by atoms with E-state index in [4.69, 9.17) is 0 Å². The van der Waals surface area contributed by atoms with Crippen LogP contribution in [0.5, 0.6) is 0 Å². The van der Waals surface area contributed by atoms with E-state index in [-0.39, 0.29) is 11.4 Å². The van der Waals surface area contributed by atoms with E-state index >= 15 is 0 Å². The SMILES string of the molecule is CC1(C)C[C@@H]2CN(Cc3ccc(F)c(F)c3)CC[C@@H]2N1c1cccc(F)c1. The number of anilines is 1. The highest BCUT2D eigenvalue weighted by atomic mass is 19.2. The van der Waals surface area contributed by atoms with Gasteiger partial charge in [0.15, 0.2) is 11.6 Å². The van der Waals surface area contributed by atoms with Gasteiger partial charge in [0.2, 0.25) is 0 Å². The van der Waals surface area contributed by atoms with Crippen molar-refractivity contribution in [2.75, 3.05) is 18.0 Å². The normalized spacial score (nSPS) is 24.9. The molecule has 0 saturated carbocycles. The van der Waals surface area contributed by atoms with Gasteiger partial charge in [0.05, 0.1) is 0 Å². The number of rotatable bonds is 3. The molecule has 2 aliphatic rings. The topological polar surface area (TPSA) is 6.48 Å². The molecule has 0 spiro atoms. The van der Waals surface area contributed by atoms with Crippen LogP contribution in [-0.4, -0.2) is 29.6 Å². The molecule has 5 heteroatoms. The van der Waals surface area contributed by atoms with E-state index in [1.54, 1.807) is 18.2 Å². The molecule has 0 radical (unpaired) electrons. The number of hydrogen-bond donors (Lipinski definition) is 0. The van der Waals surface area contributed by atoms with E-state index in [9.17, 15) is 13.2 Å². The number of hydrogen-bond acceptors (Lipinski definition) is 2. The Morgan fingerprint density at radius 2 is 1.85 bits per heavy atom. The average Bonchev–Trinajstić information content (AvgIpc) is 2.87. The molecule has 0 N–H and O–H groups in total. The molecule has 27 heavy (non-hydrogen) atoms. The summed E-state index contributed by atoms with van der Waals surface area (Å²) in [6, 6.07) is 11.4. The predicted molar refractivity (Wildman–Crippen MR) is 101 cm³/mol. The number of nitrogens with zero attached hydrogens (tertiary/aromatic N) is 2. The van der Waals surface area contributed by atoms with Crippen molar-refractivity contribution in [3.8, 4) is 0 Å². The van der Waals surface area contributed by atoms with Gasteiger partial charge in [-0.05, 0) is 68.5 Å². The molecule has 2 saturated heterocycles. The van der Waals surface area contributed by atoms with E-state index in [0.29, 0.717) is 18.5 Å². The maximum absolute atomic E-state index is 13.8. The molecule has 2 fully saturated rings. The molecule has 2 aromatic carbocycles. The Balaban J connectivity index is 1.50. The van der Waals surface area contributed by atoms with E-state index in [0.717, 1.165) is 37.2 Å². The summed E-state index contributed by atoms with van der Waals surface area (Å²) in [5, 5.41) is 0. The Morgan fingerprint density at radius 3 is 2.59 bits per heavy atom. The molecular weight excluding hydrogens is 349 g/mol. The molecule has 0 amide bonds. The van der Waals surface area contributed by atoms with E-state index < -0.39 is 11.6 Å². The zero-order valence-corrected chi connectivity index (χ0v) is 15.8. The fourth-order valence-electron chi connectivity index (χ4n) is 5.03. The summed E-state index contributed by atoms with van der Waals surface area (Å²) in [5.74, 6) is -1.33. The van der Waals surface area contributed by atoms with Crippen molar-refractivity contribution in [3.63, 3.8) is 0 Å². The Bertz CT molecular complexity index is 836. The molecule has 0 aliphatic carbocycles.